The Morgan fingerprint density at radius 2 is 1.57 bits per heavy atom. The van der Waals surface area contributed by atoms with E-state index in [-0.39, 0.29) is 62.7 Å². The molecule has 1 fully saturated rings. The number of aliphatic hydroxyl groups is 1. The van der Waals surface area contributed by atoms with E-state index in [2.05, 4.69) is 41.2 Å². The summed E-state index contributed by atoms with van der Waals surface area (Å²) in [6.07, 6.45) is 6.74. The lowest BCUT2D eigenvalue weighted by molar-refractivity contribution is -0.148. The zero-order valence-corrected chi connectivity index (χ0v) is 28.7. The van der Waals surface area contributed by atoms with E-state index in [0.29, 0.717) is 19.3 Å². The van der Waals surface area contributed by atoms with Gasteiger partial charge in [-0.3, -0.25) is 9.59 Å². The molecule has 0 spiro atoms. The first-order valence-corrected chi connectivity index (χ1v) is 17.3. The molecule has 1 saturated carbocycles. The number of fused-ring (bicyclic) bond motifs is 3. The van der Waals surface area contributed by atoms with Crippen molar-refractivity contribution < 1.29 is 33.8 Å². The third kappa shape index (κ3) is 9.81. The molecule has 264 valence electrons. The number of hydrogen-bond acceptors (Lipinski definition) is 7. The second-order valence-corrected chi connectivity index (χ2v) is 13.5. The topological polar surface area (TPSA) is 143 Å². The molecule has 3 atom stereocenters. The van der Waals surface area contributed by atoms with E-state index in [4.69, 9.17) is 9.47 Å². The lowest BCUT2D eigenvalue weighted by Crippen LogP contribution is -2.51. The highest BCUT2D eigenvalue weighted by molar-refractivity contribution is 5.86. The van der Waals surface area contributed by atoms with Crippen LogP contribution >= 0.6 is 0 Å². The number of aliphatic hydroxyl groups excluding tert-OH is 1. The van der Waals surface area contributed by atoms with Crippen LogP contribution < -0.4 is 16.0 Å². The molecule has 2 aliphatic carbocycles. The Morgan fingerprint density at radius 3 is 2.14 bits per heavy atom. The van der Waals surface area contributed by atoms with Gasteiger partial charge in [-0.1, -0.05) is 87.4 Å². The second kappa shape index (κ2) is 17.8. The minimum absolute atomic E-state index is 0.0576. The fourth-order valence-electron chi connectivity index (χ4n) is 6.72. The van der Waals surface area contributed by atoms with Gasteiger partial charge in [-0.15, -0.1) is 13.2 Å². The molecule has 0 unspecified atom stereocenters. The first-order chi connectivity index (χ1) is 23.6. The van der Waals surface area contributed by atoms with Crippen LogP contribution in [0.4, 0.5) is 4.79 Å². The number of allylic oxidation sites excluding steroid dienone is 2. The smallest absolute Gasteiger partial charge is 0.407 e. The van der Waals surface area contributed by atoms with Gasteiger partial charge in [-0.05, 0) is 60.3 Å². The number of amides is 3. The lowest BCUT2D eigenvalue weighted by atomic mass is 9.95. The number of rotatable bonds is 18. The molecule has 4 rings (SSSR count). The average molecular weight is 674 g/mol. The van der Waals surface area contributed by atoms with Crippen LogP contribution in [0.3, 0.4) is 0 Å². The quantitative estimate of drug-likeness (QED) is 0.120. The number of hydrogen-bond donors (Lipinski definition) is 4. The van der Waals surface area contributed by atoms with Gasteiger partial charge in [0, 0.05) is 12.3 Å². The minimum atomic E-state index is -0.983. The third-order valence-corrected chi connectivity index (χ3v) is 9.64. The highest BCUT2D eigenvalue weighted by Gasteiger charge is 2.36. The second-order valence-electron chi connectivity index (χ2n) is 13.5. The van der Waals surface area contributed by atoms with E-state index in [1.54, 1.807) is 12.2 Å². The van der Waals surface area contributed by atoms with Crippen LogP contribution in [-0.2, 0) is 23.9 Å². The van der Waals surface area contributed by atoms with Crippen LogP contribution in [0.25, 0.3) is 11.1 Å². The van der Waals surface area contributed by atoms with Crippen molar-refractivity contribution in [3.05, 3.63) is 85.0 Å². The molecule has 0 saturated heterocycles. The summed E-state index contributed by atoms with van der Waals surface area (Å²) in [5, 5.41) is 18.5. The molecule has 10 heteroatoms. The van der Waals surface area contributed by atoms with Crippen molar-refractivity contribution in [2.75, 3.05) is 19.8 Å². The van der Waals surface area contributed by atoms with Crippen LogP contribution in [0, 0.1) is 11.8 Å². The van der Waals surface area contributed by atoms with Gasteiger partial charge in [0.2, 0.25) is 11.8 Å². The van der Waals surface area contributed by atoms with Crippen molar-refractivity contribution in [1.82, 2.24) is 16.0 Å². The number of carbonyl (C=O) groups is 4. The van der Waals surface area contributed by atoms with E-state index in [9.17, 15) is 24.3 Å². The molecular formula is C39H51N3O7. The van der Waals surface area contributed by atoms with Gasteiger partial charge in [0.15, 0.2) is 0 Å². The summed E-state index contributed by atoms with van der Waals surface area (Å²) in [5.74, 6) is -2.20. The van der Waals surface area contributed by atoms with Crippen LogP contribution in [0.5, 0.6) is 0 Å². The maximum absolute atomic E-state index is 13.4. The number of nitrogens with one attached hydrogen (secondary N) is 3. The van der Waals surface area contributed by atoms with Gasteiger partial charge in [0.25, 0.3) is 0 Å². The number of benzene rings is 2. The van der Waals surface area contributed by atoms with E-state index >= 15 is 0 Å². The Bertz CT molecular complexity index is 1440. The zero-order chi connectivity index (χ0) is 35.4. The minimum Gasteiger partial charge on any atom is -0.462 e. The van der Waals surface area contributed by atoms with Gasteiger partial charge < -0.3 is 30.5 Å². The van der Waals surface area contributed by atoms with Crippen molar-refractivity contribution in [1.29, 1.82) is 0 Å². The van der Waals surface area contributed by atoms with Crippen LogP contribution in [-0.4, -0.2) is 66.4 Å². The van der Waals surface area contributed by atoms with E-state index in [1.807, 2.05) is 50.2 Å². The van der Waals surface area contributed by atoms with Crippen molar-refractivity contribution in [3.8, 4) is 11.1 Å². The molecule has 0 bridgehead atoms. The number of esters is 1. The third-order valence-electron chi connectivity index (χ3n) is 9.64. The molecule has 3 amide bonds. The summed E-state index contributed by atoms with van der Waals surface area (Å²) in [5.41, 5.74) is 3.77. The summed E-state index contributed by atoms with van der Waals surface area (Å²) >= 11 is 0. The van der Waals surface area contributed by atoms with Gasteiger partial charge in [-0.25, -0.2) is 9.59 Å². The molecule has 0 aliphatic heterocycles. The highest BCUT2D eigenvalue weighted by Crippen LogP contribution is 2.44. The van der Waals surface area contributed by atoms with Crippen molar-refractivity contribution >= 4 is 23.9 Å². The number of alkyl carbamates (subject to hydrolysis) is 1. The summed E-state index contributed by atoms with van der Waals surface area (Å²) in [6, 6.07) is 14.6. The summed E-state index contributed by atoms with van der Waals surface area (Å²) in [4.78, 5) is 52.5. The normalized spacial score (nSPS) is 16.4. The molecular weight excluding hydrogens is 622 g/mol. The predicted molar refractivity (Wildman–Crippen MR) is 188 cm³/mol. The maximum atomic E-state index is 13.4. The SMILES string of the molecule is C=CCC[C@H](NC(=O)OCC1c2ccccc2-c2ccccc21)C(=O)OC[C@@H](NC(=O)[C@H](CC=C)CC(=O)NC1(CO)CCCC1)C(C)C. The average Bonchev–Trinajstić information content (AvgIpc) is 3.69. The monoisotopic (exact) mass is 673 g/mol. The lowest BCUT2D eigenvalue weighted by Gasteiger charge is -2.29. The molecule has 10 nitrogen and oxygen atoms in total. The van der Waals surface area contributed by atoms with Gasteiger partial charge in [0.1, 0.15) is 19.3 Å². The largest absolute Gasteiger partial charge is 0.462 e. The Labute approximate surface area is 289 Å². The Hall–Kier alpha value is -4.44. The Morgan fingerprint density at radius 1 is 0.939 bits per heavy atom. The van der Waals surface area contributed by atoms with Crippen LogP contribution in [0.1, 0.15) is 82.3 Å². The molecule has 4 N–H and O–H groups in total. The van der Waals surface area contributed by atoms with Gasteiger partial charge in [-0.2, -0.15) is 0 Å². The van der Waals surface area contributed by atoms with E-state index in [1.165, 1.54) is 0 Å². The maximum Gasteiger partial charge on any atom is 0.407 e. The van der Waals surface area contributed by atoms with Crippen LogP contribution in [0.2, 0.25) is 0 Å². The molecule has 49 heavy (non-hydrogen) atoms. The fraction of sp³-hybridized carbons (Fsp3) is 0.487. The molecule has 2 aromatic rings. The van der Waals surface area contributed by atoms with Gasteiger partial charge >= 0.3 is 12.1 Å². The summed E-state index contributed by atoms with van der Waals surface area (Å²) < 4.78 is 11.3. The molecule has 0 aromatic heterocycles. The number of carbonyl (C=O) groups excluding carboxylic acids is 4. The predicted octanol–water partition coefficient (Wildman–Crippen LogP) is 5.55. The first kappa shape index (κ1) is 37.4. The fourth-order valence-corrected chi connectivity index (χ4v) is 6.72. The van der Waals surface area contributed by atoms with E-state index < -0.39 is 35.6 Å². The zero-order valence-electron chi connectivity index (χ0n) is 28.7. The number of ether oxygens (including phenoxy) is 2. The summed E-state index contributed by atoms with van der Waals surface area (Å²) in [7, 11) is 0. The van der Waals surface area contributed by atoms with Crippen molar-refractivity contribution in [2.45, 2.75) is 88.8 Å². The Kier molecular flexibility index (Phi) is 13.6. The van der Waals surface area contributed by atoms with Gasteiger partial charge in [0.05, 0.1) is 24.1 Å². The molecule has 2 aromatic carbocycles. The Balaban J connectivity index is 1.32. The first-order valence-electron chi connectivity index (χ1n) is 17.3. The molecule has 0 heterocycles. The molecule has 2 aliphatic rings. The highest BCUT2D eigenvalue weighted by atomic mass is 16.6. The summed E-state index contributed by atoms with van der Waals surface area (Å²) in [6.45, 7) is 11.1. The standard InChI is InChI=1S/C39H51N3O7/c1-5-7-19-33(41-38(47)49-23-32-30-17-10-8-15-28(30)29-16-9-11-18-31(29)32)37(46)48-24-34(26(3)4)40-36(45)27(14-6-2)22-35(44)42-39(25-43)20-12-13-21-39/h5-6,8-11,15-18,26-27,32-34,43H,1-2,7,12-14,19-25H2,3-4H3,(H,40,45)(H,41,47)(H,42,44)/t27-,33+,34-/m1/s1. The van der Waals surface area contributed by atoms with Crippen LogP contribution in [0.15, 0.2) is 73.8 Å². The van der Waals surface area contributed by atoms with E-state index in [0.717, 1.165) is 35.1 Å². The molecule has 0 radical (unpaired) electrons. The van der Waals surface area contributed by atoms with Crippen molar-refractivity contribution in [3.63, 3.8) is 0 Å². The van der Waals surface area contributed by atoms with Crippen molar-refractivity contribution in [2.24, 2.45) is 11.8 Å².